The normalized spacial score (nSPS) is 28.1. The Bertz CT molecular complexity index is 891. The van der Waals surface area contributed by atoms with Crippen LogP contribution in [0.2, 0.25) is 0 Å². The average Bonchev–Trinajstić information content (AvgIpc) is 3.06. The average molecular weight is 468 g/mol. The summed E-state index contributed by atoms with van der Waals surface area (Å²) in [6.07, 6.45) is -2.57. The number of nitrogens with zero attached hydrogens (tertiary/aromatic N) is 6. The number of nitrogens with one attached hydrogen (secondary N) is 2. The monoisotopic (exact) mass is 468 g/mol. The summed E-state index contributed by atoms with van der Waals surface area (Å²) in [5, 5.41) is 21.4. The highest BCUT2D eigenvalue weighted by Gasteiger charge is 2.54. The minimum Gasteiger partial charge on any atom is -0.352 e. The minimum atomic E-state index is -0.974. The summed E-state index contributed by atoms with van der Waals surface area (Å²) in [7, 11) is 0. The van der Waals surface area contributed by atoms with Crippen molar-refractivity contribution >= 4 is 17.3 Å². The Morgan fingerprint density at radius 2 is 1.91 bits per heavy atom. The van der Waals surface area contributed by atoms with Crippen LogP contribution in [0, 0.1) is 10.1 Å². The first kappa shape index (κ1) is 24.8. The molecule has 33 heavy (non-hydrogen) atoms. The van der Waals surface area contributed by atoms with E-state index >= 15 is 0 Å². The number of azide groups is 1. The van der Waals surface area contributed by atoms with Crippen molar-refractivity contribution in [3.63, 3.8) is 0 Å². The van der Waals surface area contributed by atoms with E-state index < -0.39 is 53.4 Å². The lowest BCUT2D eigenvalue weighted by molar-refractivity contribution is -0.383. The van der Waals surface area contributed by atoms with E-state index in [0.29, 0.717) is 13.2 Å². The maximum atomic E-state index is 11.9. The number of nitro groups is 1. The molecule has 2 N–H and O–H groups in total. The molecule has 182 valence electrons. The van der Waals surface area contributed by atoms with Gasteiger partial charge in [0.05, 0.1) is 17.1 Å². The first-order valence-corrected chi connectivity index (χ1v) is 10.5. The summed E-state index contributed by atoms with van der Waals surface area (Å²) >= 11 is 0. The second kappa shape index (κ2) is 10.4. The standard InChI is InChI=1S/C18H28N8O7/c1-6-29-17(30-7-2)23-15-11(26(27)28)14(20-8-21-15)22-16-13-12(32-18(4,5)33-13)10(24-25-19)9(3)31-16/h8-10,12-13,16-17H,6-7H2,1-5H3,(H2,20,21,22,23)/t9-,10-,12+,13+,16-/m0/s1. The van der Waals surface area contributed by atoms with Gasteiger partial charge in [0.1, 0.15) is 18.5 Å². The van der Waals surface area contributed by atoms with Gasteiger partial charge in [-0.25, -0.2) is 9.97 Å². The molecule has 2 fully saturated rings. The van der Waals surface area contributed by atoms with Crippen molar-refractivity contribution in [2.24, 2.45) is 5.11 Å². The summed E-state index contributed by atoms with van der Waals surface area (Å²) in [5.74, 6) is -1.17. The van der Waals surface area contributed by atoms with Crippen molar-refractivity contribution in [3.8, 4) is 0 Å². The quantitative estimate of drug-likeness (QED) is 0.128. The molecule has 3 rings (SSSR count). The maximum absolute atomic E-state index is 11.9. The molecule has 0 aromatic carbocycles. The fourth-order valence-electron chi connectivity index (χ4n) is 3.75. The smallest absolute Gasteiger partial charge is 0.352 e. The molecular formula is C18H28N8O7. The van der Waals surface area contributed by atoms with E-state index in [4.69, 9.17) is 29.2 Å². The van der Waals surface area contributed by atoms with Crippen LogP contribution in [0.1, 0.15) is 34.6 Å². The van der Waals surface area contributed by atoms with Crippen LogP contribution in [0.25, 0.3) is 10.4 Å². The molecule has 0 aliphatic carbocycles. The lowest BCUT2D eigenvalue weighted by Crippen LogP contribution is -2.57. The number of anilines is 2. The van der Waals surface area contributed by atoms with Gasteiger partial charge in [-0.05, 0) is 40.1 Å². The number of aromatic nitrogens is 2. The molecule has 0 saturated carbocycles. The Kier molecular flexibility index (Phi) is 7.84. The summed E-state index contributed by atoms with van der Waals surface area (Å²) < 4.78 is 28.7. The summed E-state index contributed by atoms with van der Waals surface area (Å²) in [5.41, 5.74) is 8.51. The zero-order chi connectivity index (χ0) is 24.2. The molecule has 5 atom stereocenters. The van der Waals surface area contributed by atoms with Crippen LogP contribution in [0.4, 0.5) is 17.3 Å². The van der Waals surface area contributed by atoms with E-state index in [1.165, 1.54) is 0 Å². The minimum absolute atomic E-state index is 0.0966. The molecule has 3 heterocycles. The van der Waals surface area contributed by atoms with Crippen molar-refractivity contribution in [1.82, 2.24) is 9.97 Å². The van der Waals surface area contributed by atoms with E-state index in [9.17, 15) is 10.1 Å². The SMILES string of the molecule is CCOC(Nc1ncnc(N[C@H]2O[C@@H](C)[C@H](N=[N+]=[N-])[C@H]3OC(C)(C)O[C@H]32)c1[N+](=O)[O-])OCC. The van der Waals surface area contributed by atoms with Crippen molar-refractivity contribution in [2.75, 3.05) is 23.8 Å². The topological polar surface area (TPSA) is 188 Å². The van der Waals surface area contributed by atoms with Gasteiger partial charge in [-0.15, -0.1) is 0 Å². The molecule has 2 aliphatic rings. The van der Waals surface area contributed by atoms with Gasteiger partial charge >= 0.3 is 5.69 Å². The first-order valence-electron chi connectivity index (χ1n) is 10.5. The Labute approximate surface area is 189 Å². The van der Waals surface area contributed by atoms with Gasteiger partial charge in [-0.1, -0.05) is 5.11 Å². The number of fused-ring (bicyclic) bond motifs is 1. The summed E-state index contributed by atoms with van der Waals surface area (Å²) in [6.45, 7) is 9.32. The van der Waals surface area contributed by atoms with Gasteiger partial charge in [0.15, 0.2) is 12.0 Å². The molecule has 0 radical (unpaired) electrons. The first-order chi connectivity index (χ1) is 15.7. The molecule has 2 aliphatic heterocycles. The fourth-order valence-corrected chi connectivity index (χ4v) is 3.75. The molecule has 15 heteroatoms. The Morgan fingerprint density at radius 3 is 2.52 bits per heavy atom. The Hall–Kier alpha value is -2.81. The number of ether oxygens (including phenoxy) is 5. The molecular weight excluding hydrogens is 440 g/mol. The van der Waals surface area contributed by atoms with Crippen molar-refractivity contribution in [2.45, 2.75) is 77.4 Å². The predicted molar refractivity (Wildman–Crippen MR) is 114 cm³/mol. The molecule has 0 unspecified atom stereocenters. The van der Waals surface area contributed by atoms with E-state index in [1.807, 2.05) is 0 Å². The lowest BCUT2D eigenvalue weighted by atomic mass is 9.97. The number of rotatable bonds is 10. The highest BCUT2D eigenvalue weighted by atomic mass is 16.8. The molecule has 1 aromatic rings. The highest BCUT2D eigenvalue weighted by molar-refractivity contribution is 5.69. The largest absolute Gasteiger partial charge is 0.353 e. The van der Waals surface area contributed by atoms with Crippen LogP contribution in [0.5, 0.6) is 0 Å². The van der Waals surface area contributed by atoms with E-state index in [1.54, 1.807) is 34.6 Å². The van der Waals surface area contributed by atoms with Gasteiger partial charge in [-0.3, -0.25) is 10.1 Å². The van der Waals surface area contributed by atoms with E-state index in [2.05, 4.69) is 30.6 Å². The number of hydrogen-bond donors (Lipinski definition) is 2. The summed E-state index contributed by atoms with van der Waals surface area (Å²) in [6, 6.07) is -0.643. The van der Waals surface area contributed by atoms with Crippen LogP contribution in [-0.2, 0) is 23.7 Å². The van der Waals surface area contributed by atoms with E-state index in [-0.39, 0.29) is 11.6 Å². The van der Waals surface area contributed by atoms with Crippen LogP contribution in [-0.4, -0.2) is 70.9 Å². The highest BCUT2D eigenvalue weighted by Crippen LogP contribution is 2.40. The zero-order valence-electron chi connectivity index (χ0n) is 19.0. The third-order valence-electron chi connectivity index (χ3n) is 5.00. The second-order valence-corrected chi connectivity index (χ2v) is 7.73. The van der Waals surface area contributed by atoms with Gasteiger partial charge in [0.2, 0.25) is 18.0 Å². The number of hydrogen-bond acceptors (Lipinski definition) is 12. The van der Waals surface area contributed by atoms with Gasteiger partial charge < -0.3 is 34.3 Å². The molecule has 0 amide bonds. The predicted octanol–water partition coefficient (Wildman–Crippen LogP) is 2.51. The Balaban J connectivity index is 1.90. The van der Waals surface area contributed by atoms with Gasteiger partial charge in [0, 0.05) is 18.1 Å². The molecule has 0 spiro atoms. The second-order valence-electron chi connectivity index (χ2n) is 7.73. The third-order valence-corrected chi connectivity index (χ3v) is 5.00. The van der Waals surface area contributed by atoms with Crippen LogP contribution in [0.15, 0.2) is 11.4 Å². The maximum Gasteiger partial charge on any atom is 0.353 e. The third kappa shape index (κ3) is 5.58. The molecule has 0 bridgehead atoms. The van der Waals surface area contributed by atoms with Crippen molar-refractivity contribution < 1.29 is 28.6 Å². The van der Waals surface area contributed by atoms with Crippen LogP contribution < -0.4 is 10.6 Å². The molecule has 1 aromatic heterocycles. The van der Waals surface area contributed by atoms with Crippen molar-refractivity contribution in [1.29, 1.82) is 0 Å². The summed E-state index contributed by atoms with van der Waals surface area (Å²) in [4.78, 5) is 22.2. The molecule has 2 saturated heterocycles. The van der Waals surface area contributed by atoms with Crippen LogP contribution >= 0.6 is 0 Å². The zero-order valence-corrected chi connectivity index (χ0v) is 19.0. The fraction of sp³-hybridized carbons (Fsp3) is 0.778. The lowest BCUT2D eigenvalue weighted by Gasteiger charge is -2.39. The Morgan fingerprint density at radius 1 is 1.27 bits per heavy atom. The molecule has 15 nitrogen and oxygen atoms in total. The van der Waals surface area contributed by atoms with Crippen molar-refractivity contribution in [3.05, 3.63) is 26.9 Å². The van der Waals surface area contributed by atoms with Gasteiger partial charge in [-0.2, -0.15) is 0 Å². The van der Waals surface area contributed by atoms with E-state index in [0.717, 1.165) is 6.33 Å². The van der Waals surface area contributed by atoms with Crippen LogP contribution in [0.3, 0.4) is 0 Å². The van der Waals surface area contributed by atoms with Gasteiger partial charge in [0.25, 0.3) is 0 Å².